The van der Waals surface area contributed by atoms with Crippen LogP contribution in [0.1, 0.15) is 42.5 Å². The van der Waals surface area contributed by atoms with E-state index >= 15 is 0 Å². The number of carbonyl (C=O) groups is 2. The van der Waals surface area contributed by atoms with E-state index in [4.69, 9.17) is 5.73 Å². The van der Waals surface area contributed by atoms with Gasteiger partial charge >= 0.3 is 0 Å². The van der Waals surface area contributed by atoms with Crippen LogP contribution in [0.25, 0.3) is 0 Å². The smallest absolute Gasteiger partial charge is 0.242 e. The maximum Gasteiger partial charge on any atom is 0.242 e. The molecule has 1 aromatic heterocycles. The number of aryl methyl sites for hydroxylation is 1. The van der Waals surface area contributed by atoms with Crippen LogP contribution in [0.2, 0.25) is 0 Å². The molecule has 0 bridgehead atoms. The number of pyridine rings is 1. The van der Waals surface area contributed by atoms with E-state index in [1.165, 1.54) is 5.56 Å². The van der Waals surface area contributed by atoms with Gasteiger partial charge in [0.05, 0.1) is 6.04 Å². The van der Waals surface area contributed by atoms with Gasteiger partial charge in [0.15, 0.2) is 0 Å². The van der Waals surface area contributed by atoms with Gasteiger partial charge in [-0.3, -0.25) is 9.59 Å². The summed E-state index contributed by atoms with van der Waals surface area (Å²) in [7, 11) is 0. The largest absolute Gasteiger partial charge is 0.384 e. The van der Waals surface area contributed by atoms with Crippen molar-refractivity contribution >= 4 is 42.4 Å². The monoisotopic (exact) mass is 467 g/mol. The zero-order valence-electron chi connectivity index (χ0n) is 17.8. The van der Waals surface area contributed by atoms with Crippen LogP contribution in [0.5, 0.6) is 0 Å². The molecule has 1 aromatic carbocycles. The van der Waals surface area contributed by atoms with Crippen molar-refractivity contribution in [1.82, 2.24) is 20.9 Å². The molecular weight excluding hydrogens is 437 g/mol. The van der Waals surface area contributed by atoms with E-state index in [1.807, 2.05) is 31.2 Å². The first kappa shape index (κ1) is 26.7. The molecule has 1 fully saturated rings. The van der Waals surface area contributed by atoms with Crippen LogP contribution in [0.3, 0.4) is 0 Å². The molecule has 170 valence electrons. The van der Waals surface area contributed by atoms with E-state index in [-0.39, 0.29) is 42.7 Å². The van der Waals surface area contributed by atoms with E-state index in [9.17, 15) is 9.59 Å². The lowest BCUT2D eigenvalue weighted by atomic mass is 9.86. The Labute approximate surface area is 195 Å². The fraction of sp³-hybridized carbons (Fsp3) is 0.409. The van der Waals surface area contributed by atoms with Gasteiger partial charge in [-0.1, -0.05) is 36.4 Å². The predicted octanol–water partition coefficient (Wildman–Crippen LogP) is 2.47. The quantitative estimate of drug-likeness (QED) is 0.521. The number of rotatable bonds is 6. The SMILES string of the molecule is Cc1nc(N)ccc1CNC(=O)[C@H](C)NC(=O)[C@H]1C[C@@H](c2ccccc2)CCN1.Cl.Cl. The third kappa shape index (κ3) is 7.38. The highest BCUT2D eigenvalue weighted by atomic mass is 35.5. The molecule has 1 aliphatic rings. The lowest BCUT2D eigenvalue weighted by molar-refractivity contribution is -0.130. The second-order valence-electron chi connectivity index (χ2n) is 7.57. The summed E-state index contributed by atoms with van der Waals surface area (Å²) < 4.78 is 0. The summed E-state index contributed by atoms with van der Waals surface area (Å²) in [4.78, 5) is 29.3. The minimum atomic E-state index is -0.622. The standard InChI is InChI=1S/C22H29N5O2.2ClH/c1-14-18(8-9-20(23)26-14)13-25-21(28)15(2)27-22(29)19-12-17(10-11-24-19)16-6-4-3-5-7-16;;/h3-9,15,17,19,24H,10-13H2,1-2H3,(H2,23,26)(H,25,28)(H,27,29);2*1H/t15-,17-,19+;;/m0../s1. The molecule has 5 N–H and O–H groups in total. The van der Waals surface area contributed by atoms with Crippen LogP contribution in [-0.2, 0) is 16.1 Å². The van der Waals surface area contributed by atoms with Gasteiger partial charge in [0.1, 0.15) is 11.9 Å². The summed E-state index contributed by atoms with van der Waals surface area (Å²) >= 11 is 0. The Balaban J connectivity index is 0.00000240. The zero-order valence-corrected chi connectivity index (χ0v) is 19.4. The highest BCUT2D eigenvalue weighted by Crippen LogP contribution is 2.27. The number of benzene rings is 1. The molecule has 0 aliphatic carbocycles. The van der Waals surface area contributed by atoms with Crippen LogP contribution in [0.4, 0.5) is 5.82 Å². The Hall–Kier alpha value is -2.35. The molecule has 3 rings (SSSR count). The van der Waals surface area contributed by atoms with Gasteiger partial charge < -0.3 is 21.7 Å². The molecular formula is C22H31Cl2N5O2. The van der Waals surface area contributed by atoms with Crippen molar-refractivity contribution in [1.29, 1.82) is 0 Å². The highest BCUT2D eigenvalue weighted by Gasteiger charge is 2.29. The van der Waals surface area contributed by atoms with Gasteiger partial charge in [0, 0.05) is 12.2 Å². The maximum absolute atomic E-state index is 12.7. The molecule has 0 radical (unpaired) electrons. The van der Waals surface area contributed by atoms with Crippen molar-refractivity contribution in [2.24, 2.45) is 0 Å². The Bertz CT molecular complexity index is 866. The predicted molar refractivity (Wildman–Crippen MR) is 128 cm³/mol. The lowest BCUT2D eigenvalue weighted by Gasteiger charge is -2.30. The number of anilines is 1. The Morgan fingerprint density at radius 2 is 1.90 bits per heavy atom. The van der Waals surface area contributed by atoms with Gasteiger partial charge in [-0.25, -0.2) is 4.98 Å². The van der Waals surface area contributed by atoms with Crippen LogP contribution >= 0.6 is 24.8 Å². The number of hydrogen-bond acceptors (Lipinski definition) is 5. The molecule has 1 saturated heterocycles. The molecule has 2 amide bonds. The molecule has 9 heteroatoms. The zero-order chi connectivity index (χ0) is 20.8. The van der Waals surface area contributed by atoms with Gasteiger partial charge in [0.25, 0.3) is 0 Å². The summed E-state index contributed by atoms with van der Waals surface area (Å²) in [5, 5.41) is 8.95. The van der Waals surface area contributed by atoms with Crippen LogP contribution < -0.4 is 21.7 Å². The van der Waals surface area contributed by atoms with Crippen molar-refractivity contribution in [2.75, 3.05) is 12.3 Å². The molecule has 3 atom stereocenters. The van der Waals surface area contributed by atoms with Crippen LogP contribution in [0, 0.1) is 6.92 Å². The number of halogens is 2. The average Bonchev–Trinajstić information content (AvgIpc) is 2.73. The third-order valence-electron chi connectivity index (χ3n) is 5.41. The van der Waals surface area contributed by atoms with Crippen molar-refractivity contribution in [2.45, 2.75) is 51.2 Å². The number of hydrogen-bond donors (Lipinski definition) is 4. The van der Waals surface area contributed by atoms with E-state index in [2.05, 4.69) is 33.1 Å². The third-order valence-corrected chi connectivity index (χ3v) is 5.41. The van der Waals surface area contributed by atoms with Crippen molar-refractivity contribution < 1.29 is 9.59 Å². The number of aromatic nitrogens is 1. The summed E-state index contributed by atoms with van der Waals surface area (Å²) in [6, 6.07) is 12.9. The lowest BCUT2D eigenvalue weighted by Crippen LogP contribution is -2.53. The van der Waals surface area contributed by atoms with E-state index in [1.54, 1.807) is 13.0 Å². The minimum Gasteiger partial charge on any atom is -0.384 e. The minimum absolute atomic E-state index is 0. The first-order valence-electron chi connectivity index (χ1n) is 10.0. The van der Waals surface area contributed by atoms with Crippen molar-refractivity contribution in [3.8, 4) is 0 Å². The van der Waals surface area contributed by atoms with Crippen molar-refractivity contribution in [3.63, 3.8) is 0 Å². The van der Waals surface area contributed by atoms with Crippen molar-refractivity contribution in [3.05, 3.63) is 59.3 Å². The Kier molecular flexibility index (Phi) is 10.8. The fourth-order valence-corrected chi connectivity index (χ4v) is 3.66. The van der Waals surface area contributed by atoms with E-state index in [0.29, 0.717) is 18.3 Å². The second-order valence-corrected chi connectivity index (χ2v) is 7.57. The molecule has 1 aliphatic heterocycles. The first-order chi connectivity index (χ1) is 13.9. The Morgan fingerprint density at radius 3 is 2.58 bits per heavy atom. The molecule has 2 aromatic rings. The topological polar surface area (TPSA) is 109 Å². The average molecular weight is 468 g/mol. The van der Waals surface area contributed by atoms with Gasteiger partial charge in [-0.15, -0.1) is 24.8 Å². The molecule has 2 heterocycles. The van der Waals surface area contributed by atoms with Crippen LogP contribution in [0.15, 0.2) is 42.5 Å². The molecule has 0 unspecified atom stereocenters. The normalized spacial score (nSPS) is 18.6. The molecule has 0 spiro atoms. The van der Waals surface area contributed by atoms with Gasteiger partial charge in [0.2, 0.25) is 11.8 Å². The molecule has 7 nitrogen and oxygen atoms in total. The maximum atomic E-state index is 12.7. The van der Waals surface area contributed by atoms with E-state index in [0.717, 1.165) is 30.6 Å². The number of nitrogens with one attached hydrogen (secondary N) is 3. The number of nitrogens with zero attached hydrogens (tertiary/aromatic N) is 1. The van der Waals surface area contributed by atoms with E-state index < -0.39 is 6.04 Å². The Morgan fingerprint density at radius 1 is 1.19 bits per heavy atom. The number of nitrogens with two attached hydrogens (primary N) is 1. The van der Waals surface area contributed by atoms with Gasteiger partial charge in [-0.05, 0) is 56.3 Å². The number of nitrogen functional groups attached to an aromatic ring is 1. The summed E-state index contributed by atoms with van der Waals surface area (Å²) in [5.74, 6) is 0.425. The summed E-state index contributed by atoms with van der Waals surface area (Å²) in [6.45, 7) is 4.66. The number of carbonyl (C=O) groups excluding carboxylic acids is 2. The highest BCUT2D eigenvalue weighted by molar-refractivity contribution is 5.89. The fourth-order valence-electron chi connectivity index (χ4n) is 3.66. The number of piperidine rings is 1. The molecule has 0 saturated carbocycles. The molecule has 31 heavy (non-hydrogen) atoms. The first-order valence-corrected chi connectivity index (χ1v) is 10.0. The second kappa shape index (κ2) is 12.5. The summed E-state index contributed by atoms with van der Waals surface area (Å²) in [5.41, 5.74) is 8.58. The summed E-state index contributed by atoms with van der Waals surface area (Å²) in [6.07, 6.45) is 1.72. The number of amides is 2. The van der Waals surface area contributed by atoms with Crippen LogP contribution in [-0.4, -0.2) is 35.4 Å². The van der Waals surface area contributed by atoms with Gasteiger partial charge in [-0.2, -0.15) is 0 Å².